The van der Waals surface area contributed by atoms with Crippen LogP contribution in [0.25, 0.3) is 10.6 Å². The van der Waals surface area contributed by atoms with Crippen LogP contribution in [0, 0.1) is 0 Å². The summed E-state index contributed by atoms with van der Waals surface area (Å²) in [6.45, 7) is 6.53. The predicted octanol–water partition coefficient (Wildman–Crippen LogP) is 2.78. The highest BCUT2D eigenvalue weighted by atomic mass is 32.1. The number of methoxy groups -OCH3 is 1. The first-order chi connectivity index (χ1) is 11.2. The number of nitrogens with zero attached hydrogens (tertiary/aromatic N) is 2. The molecule has 0 atom stereocenters. The molecule has 5 nitrogen and oxygen atoms in total. The molecule has 0 saturated heterocycles. The number of thiazole rings is 1. The Morgan fingerprint density at radius 2 is 2.04 bits per heavy atom. The molecule has 1 N–H and O–H groups in total. The molecule has 124 valence electrons. The van der Waals surface area contributed by atoms with E-state index in [1.54, 1.807) is 18.4 Å². The Morgan fingerprint density at radius 3 is 2.65 bits per heavy atom. The molecule has 2 aromatic rings. The van der Waals surface area contributed by atoms with Crippen molar-refractivity contribution in [3.63, 3.8) is 0 Å². The zero-order valence-corrected chi connectivity index (χ0v) is 14.7. The van der Waals surface area contributed by atoms with Crippen molar-refractivity contribution in [2.45, 2.75) is 20.4 Å². The Bertz CT molecular complexity index is 625. The summed E-state index contributed by atoms with van der Waals surface area (Å²) in [5, 5.41) is 5.87. The van der Waals surface area contributed by atoms with E-state index in [0.717, 1.165) is 28.6 Å². The van der Waals surface area contributed by atoms with Gasteiger partial charge in [-0.15, -0.1) is 11.3 Å². The largest absolute Gasteiger partial charge is 0.497 e. The van der Waals surface area contributed by atoms with E-state index in [1.807, 2.05) is 31.2 Å². The minimum Gasteiger partial charge on any atom is -0.497 e. The summed E-state index contributed by atoms with van der Waals surface area (Å²) in [5.41, 5.74) is 2.07. The van der Waals surface area contributed by atoms with Crippen LogP contribution < -0.4 is 10.1 Å². The van der Waals surface area contributed by atoms with Gasteiger partial charge >= 0.3 is 0 Å². The third kappa shape index (κ3) is 5.04. The highest BCUT2D eigenvalue weighted by Crippen LogP contribution is 2.26. The first kappa shape index (κ1) is 17.4. The lowest BCUT2D eigenvalue weighted by atomic mass is 10.2. The van der Waals surface area contributed by atoms with Crippen LogP contribution in [0.2, 0.25) is 0 Å². The van der Waals surface area contributed by atoms with Crippen LogP contribution in [-0.4, -0.2) is 42.5 Å². The molecule has 0 aliphatic heterocycles. The Hall–Kier alpha value is -1.92. The monoisotopic (exact) mass is 333 g/mol. The molecule has 1 aromatic heterocycles. The number of benzene rings is 1. The molecule has 6 heteroatoms. The normalized spacial score (nSPS) is 10.8. The van der Waals surface area contributed by atoms with Gasteiger partial charge < -0.3 is 10.1 Å². The van der Waals surface area contributed by atoms with Crippen molar-refractivity contribution in [3.8, 4) is 16.3 Å². The second kappa shape index (κ2) is 8.64. The van der Waals surface area contributed by atoms with Gasteiger partial charge in [0.05, 0.1) is 19.3 Å². The van der Waals surface area contributed by atoms with Crippen LogP contribution in [0.3, 0.4) is 0 Å². The molecule has 0 aliphatic carbocycles. The lowest BCUT2D eigenvalue weighted by molar-refractivity contribution is -0.122. The van der Waals surface area contributed by atoms with Crippen molar-refractivity contribution in [3.05, 3.63) is 35.3 Å². The minimum atomic E-state index is 0.0555. The van der Waals surface area contributed by atoms with E-state index >= 15 is 0 Å². The van der Waals surface area contributed by atoms with Crippen LogP contribution in [0.5, 0.6) is 5.75 Å². The van der Waals surface area contributed by atoms with Crippen molar-refractivity contribution in [1.29, 1.82) is 0 Å². The van der Waals surface area contributed by atoms with E-state index < -0.39 is 0 Å². The van der Waals surface area contributed by atoms with Crippen molar-refractivity contribution < 1.29 is 9.53 Å². The fraction of sp³-hybridized carbons (Fsp3) is 0.412. The summed E-state index contributed by atoms with van der Waals surface area (Å²) in [6.07, 6.45) is 0. The number of nitrogens with one attached hydrogen (secondary N) is 1. The number of hydrogen-bond donors (Lipinski definition) is 1. The van der Waals surface area contributed by atoms with Gasteiger partial charge in [0.15, 0.2) is 0 Å². The fourth-order valence-electron chi connectivity index (χ4n) is 2.21. The van der Waals surface area contributed by atoms with E-state index in [9.17, 15) is 4.79 Å². The summed E-state index contributed by atoms with van der Waals surface area (Å²) in [6, 6.07) is 7.88. The maximum Gasteiger partial charge on any atom is 0.234 e. The zero-order chi connectivity index (χ0) is 16.7. The summed E-state index contributed by atoms with van der Waals surface area (Å²) in [5.74, 6) is 0.893. The maximum atomic E-state index is 11.7. The molecule has 0 saturated carbocycles. The highest BCUT2D eigenvalue weighted by Gasteiger charge is 2.12. The number of aromatic nitrogens is 1. The van der Waals surface area contributed by atoms with Crippen LogP contribution in [0.1, 0.15) is 19.5 Å². The second-order valence-electron chi connectivity index (χ2n) is 5.13. The molecule has 2 rings (SSSR count). The van der Waals surface area contributed by atoms with Gasteiger partial charge in [-0.1, -0.05) is 6.92 Å². The number of carbonyl (C=O) groups excluding carboxylic acids is 1. The number of rotatable bonds is 8. The van der Waals surface area contributed by atoms with Crippen molar-refractivity contribution in [2.24, 2.45) is 0 Å². The van der Waals surface area contributed by atoms with Crippen molar-refractivity contribution in [1.82, 2.24) is 15.2 Å². The van der Waals surface area contributed by atoms with E-state index in [0.29, 0.717) is 19.6 Å². The first-order valence-corrected chi connectivity index (χ1v) is 8.62. The number of carbonyl (C=O) groups is 1. The van der Waals surface area contributed by atoms with Gasteiger partial charge in [-0.3, -0.25) is 9.69 Å². The maximum absolute atomic E-state index is 11.7. The molecule has 1 aromatic carbocycles. The van der Waals surface area contributed by atoms with Crippen LogP contribution >= 0.6 is 11.3 Å². The van der Waals surface area contributed by atoms with Gasteiger partial charge in [-0.2, -0.15) is 0 Å². The molecule has 23 heavy (non-hydrogen) atoms. The number of likely N-dealkylation sites (N-methyl/N-ethyl adjacent to an activating group) is 2. The Labute approximate surface area is 141 Å². The molecular weight excluding hydrogens is 310 g/mol. The van der Waals surface area contributed by atoms with Crippen LogP contribution in [0.15, 0.2) is 29.6 Å². The Morgan fingerprint density at radius 1 is 1.30 bits per heavy atom. The smallest absolute Gasteiger partial charge is 0.234 e. The quantitative estimate of drug-likeness (QED) is 0.807. The number of amides is 1. The lowest BCUT2D eigenvalue weighted by Gasteiger charge is -2.18. The molecule has 0 bridgehead atoms. The summed E-state index contributed by atoms with van der Waals surface area (Å²) >= 11 is 1.62. The Balaban J connectivity index is 2.01. The molecule has 1 heterocycles. The summed E-state index contributed by atoms with van der Waals surface area (Å²) in [4.78, 5) is 18.5. The van der Waals surface area contributed by atoms with Gasteiger partial charge in [0.2, 0.25) is 5.91 Å². The lowest BCUT2D eigenvalue weighted by Crippen LogP contribution is -2.36. The third-order valence-corrected chi connectivity index (χ3v) is 4.40. The van der Waals surface area contributed by atoms with E-state index in [1.165, 1.54) is 0 Å². The fourth-order valence-corrected chi connectivity index (χ4v) is 3.03. The minimum absolute atomic E-state index is 0.0555. The molecule has 0 radical (unpaired) electrons. The molecule has 1 amide bonds. The average molecular weight is 333 g/mol. The summed E-state index contributed by atoms with van der Waals surface area (Å²) in [7, 11) is 1.66. The predicted molar refractivity (Wildman–Crippen MR) is 93.7 cm³/mol. The van der Waals surface area contributed by atoms with Crippen molar-refractivity contribution in [2.75, 3.05) is 26.7 Å². The molecule has 0 fully saturated rings. The number of hydrogen-bond acceptors (Lipinski definition) is 5. The van der Waals surface area contributed by atoms with Gasteiger partial charge in [-0.25, -0.2) is 4.98 Å². The summed E-state index contributed by atoms with van der Waals surface area (Å²) < 4.78 is 5.17. The SMILES string of the molecule is CCNC(=O)CN(CC)Cc1csc(-c2ccc(OC)cc2)n1. The first-order valence-electron chi connectivity index (χ1n) is 7.74. The number of ether oxygens (including phenoxy) is 1. The van der Waals surface area contributed by atoms with Crippen LogP contribution in [0.4, 0.5) is 0 Å². The van der Waals surface area contributed by atoms with Gasteiger partial charge in [-0.05, 0) is 37.7 Å². The van der Waals surface area contributed by atoms with Gasteiger partial charge in [0.1, 0.15) is 10.8 Å². The molecule has 0 unspecified atom stereocenters. The van der Waals surface area contributed by atoms with Gasteiger partial charge in [0, 0.05) is 24.0 Å². The van der Waals surface area contributed by atoms with Crippen LogP contribution in [-0.2, 0) is 11.3 Å². The molecule has 0 spiro atoms. The standard InChI is InChI=1S/C17H23N3O2S/c1-4-18-16(21)11-20(5-2)10-14-12-23-17(19-14)13-6-8-15(22-3)9-7-13/h6-9,12H,4-5,10-11H2,1-3H3,(H,18,21). The topological polar surface area (TPSA) is 54.5 Å². The van der Waals surface area contributed by atoms with Gasteiger partial charge in [0.25, 0.3) is 0 Å². The molecular formula is C17H23N3O2S. The second-order valence-corrected chi connectivity index (χ2v) is 5.99. The third-order valence-electron chi connectivity index (χ3n) is 3.46. The Kier molecular flexibility index (Phi) is 6.55. The highest BCUT2D eigenvalue weighted by molar-refractivity contribution is 7.13. The zero-order valence-electron chi connectivity index (χ0n) is 13.8. The van der Waals surface area contributed by atoms with E-state index in [-0.39, 0.29) is 5.91 Å². The average Bonchev–Trinajstić information content (AvgIpc) is 3.03. The molecule has 0 aliphatic rings. The van der Waals surface area contributed by atoms with E-state index in [4.69, 9.17) is 4.74 Å². The van der Waals surface area contributed by atoms with Crippen molar-refractivity contribution >= 4 is 17.2 Å². The van der Waals surface area contributed by atoms with E-state index in [2.05, 4.69) is 27.5 Å².